The van der Waals surface area contributed by atoms with E-state index in [9.17, 15) is 9.59 Å². The number of carbonyl (C=O) groups is 2. The largest absolute Gasteiger partial charge is 0.493 e. The second-order valence-corrected chi connectivity index (χ2v) is 6.90. The minimum atomic E-state index is -0.580. The van der Waals surface area contributed by atoms with Gasteiger partial charge in [0.05, 0.1) is 38.5 Å². The summed E-state index contributed by atoms with van der Waals surface area (Å²) in [6, 6.07) is 14.0. The second-order valence-electron chi connectivity index (χ2n) is 6.90. The zero-order chi connectivity index (χ0) is 22.6. The number of hydrazone groups is 1. The van der Waals surface area contributed by atoms with Crippen LogP contribution >= 0.6 is 0 Å². The van der Waals surface area contributed by atoms with Crippen molar-refractivity contribution in [1.82, 2.24) is 10.7 Å². The van der Waals surface area contributed by atoms with E-state index in [1.165, 1.54) is 6.21 Å². The summed E-state index contributed by atoms with van der Waals surface area (Å²) < 4.78 is 16.0. The Morgan fingerprint density at radius 1 is 1.10 bits per heavy atom. The molecule has 1 atom stereocenters. The molecule has 0 spiro atoms. The zero-order valence-electron chi connectivity index (χ0n) is 18.3. The molecule has 0 aliphatic rings. The molecule has 0 fully saturated rings. The minimum Gasteiger partial charge on any atom is -0.493 e. The van der Waals surface area contributed by atoms with Crippen LogP contribution in [0.15, 0.2) is 53.6 Å². The van der Waals surface area contributed by atoms with Crippen molar-refractivity contribution in [3.8, 4) is 11.5 Å². The Balaban J connectivity index is 2.01. The molecule has 2 amide bonds. The summed E-state index contributed by atoms with van der Waals surface area (Å²) >= 11 is 0. The third-order valence-corrected chi connectivity index (χ3v) is 4.11. The van der Waals surface area contributed by atoms with E-state index in [1.807, 2.05) is 50.2 Å². The van der Waals surface area contributed by atoms with Crippen LogP contribution in [0.5, 0.6) is 11.5 Å². The van der Waals surface area contributed by atoms with Crippen molar-refractivity contribution in [2.75, 3.05) is 13.7 Å². The van der Waals surface area contributed by atoms with Gasteiger partial charge >= 0.3 is 6.09 Å². The summed E-state index contributed by atoms with van der Waals surface area (Å²) in [5.41, 5.74) is 4.01. The molecule has 166 valence electrons. The van der Waals surface area contributed by atoms with Crippen LogP contribution in [0.3, 0.4) is 0 Å². The van der Waals surface area contributed by atoms with Gasteiger partial charge in [-0.2, -0.15) is 5.10 Å². The number of hydrogen-bond acceptors (Lipinski definition) is 6. The molecule has 8 heteroatoms. The average Bonchev–Trinajstić information content (AvgIpc) is 2.74. The Bertz CT molecular complexity index is 884. The standard InChI is InChI=1S/C23H29N3O5/c1-5-30-23(28)25-19(18-9-7-6-8-10-18)14-22(27)26-24-15-17-11-12-20(31-16(2)3)21(13-17)29-4/h6-13,15-16,19H,5,14H2,1-4H3,(H,25,28)(H,26,27)/b24-15-/t19-/m1/s1. The maximum Gasteiger partial charge on any atom is 0.407 e. The molecule has 2 aromatic rings. The van der Waals surface area contributed by atoms with Crippen LogP contribution in [-0.4, -0.2) is 38.0 Å². The van der Waals surface area contributed by atoms with Crippen LogP contribution in [0.1, 0.15) is 44.4 Å². The third kappa shape index (κ3) is 8.00. The average molecular weight is 428 g/mol. The molecule has 0 saturated heterocycles. The van der Waals surface area contributed by atoms with Crippen molar-refractivity contribution in [2.45, 2.75) is 39.3 Å². The van der Waals surface area contributed by atoms with Gasteiger partial charge in [0, 0.05) is 0 Å². The molecule has 0 heterocycles. The molecule has 0 aliphatic heterocycles. The molecule has 0 aromatic heterocycles. The fourth-order valence-electron chi connectivity index (χ4n) is 2.78. The van der Waals surface area contributed by atoms with Crippen LogP contribution < -0.4 is 20.2 Å². The predicted molar refractivity (Wildman–Crippen MR) is 118 cm³/mol. The van der Waals surface area contributed by atoms with Gasteiger partial charge < -0.3 is 19.5 Å². The quantitative estimate of drug-likeness (QED) is 0.444. The van der Waals surface area contributed by atoms with Gasteiger partial charge in [0.25, 0.3) is 0 Å². The topological polar surface area (TPSA) is 98.2 Å². The Morgan fingerprint density at radius 2 is 1.84 bits per heavy atom. The summed E-state index contributed by atoms with van der Waals surface area (Å²) in [7, 11) is 1.56. The summed E-state index contributed by atoms with van der Waals surface area (Å²) in [5.74, 6) is 0.856. The first-order chi connectivity index (χ1) is 14.9. The zero-order valence-corrected chi connectivity index (χ0v) is 18.3. The summed E-state index contributed by atoms with van der Waals surface area (Å²) in [6.07, 6.45) is 0.956. The summed E-state index contributed by atoms with van der Waals surface area (Å²) in [5, 5.41) is 6.71. The fraction of sp³-hybridized carbons (Fsp3) is 0.348. The Labute approximate surface area is 182 Å². The smallest absolute Gasteiger partial charge is 0.407 e. The molecule has 0 aliphatic carbocycles. The first-order valence-corrected chi connectivity index (χ1v) is 10.1. The van der Waals surface area contributed by atoms with Crippen LogP contribution in [0, 0.1) is 0 Å². The van der Waals surface area contributed by atoms with Gasteiger partial charge in [-0.25, -0.2) is 10.2 Å². The predicted octanol–water partition coefficient (Wildman–Crippen LogP) is 3.81. The molecule has 2 rings (SSSR count). The van der Waals surface area contributed by atoms with E-state index in [4.69, 9.17) is 14.2 Å². The maximum atomic E-state index is 12.4. The molecule has 2 N–H and O–H groups in total. The Morgan fingerprint density at radius 3 is 2.48 bits per heavy atom. The van der Waals surface area contributed by atoms with E-state index >= 15 is 0 Å². The lowest BCUT2D eigenvalue weighted by atomic mass is 10.0. The van der Waals surface area contributed by atoms with Gasteiger partial charge in [-0.1, -0.05) is 30.3 Å². The van der Waals surface area contributed by atoms with Gasteiger partial charge in [-0.05, 0) is 50.1 Å². The van der Waals surface area contributed by atoms with Gasteiger partial charge in [0.15, 0.2) is 11.5 Å². The minimum absolute atomic E-state index is 0.00462. The molecule has 31 heavy (non-hydrogen) atoms. The van der Waals surface area contributed by atoms with Crippen LogP contribution in [0.25, 0.3) is 0 Å². The third-order valence-electron chi connectivity index (χ3n) is 4.11. The highest BCUT2D eigenvalue weighted by molar-refractivity contribution is 5.83. The number of benzene rings is 2. The lowest BCUT2D eigenvalue weighted by Crippen LogP contribution is -2.33. The number of carbonyl (C=O) groups excluding carboxylic acids is 2. The highest BCUT2D eigenvalue weighted by atomic mass is 16.5. The number of rotatable bonds is 10. The number of hydrogen-bond donors (Lipinski definition) is 2. The highest BCUT2D eigenvalue weighted by Crippen LogP contribution is 2.28. The molecule has 2 aromatic carbocycles. The van der Waals surface area contributed by atoms with E-state index in [-0.39, 0.29) is 25.0 Å². The van der Waals surface area contributed by atoms with E-state index in [2.05, 4.69) is 15.8 Å². The number of alkyl carbamates (subject to hydrolysis) is 1. The number of methoxy groups -OCH3 is 1. The fourth-order valence-corrected chi connectivity index (χ4v) is 2.78. The van der Waals surface area contributed by atoms with Crippen molar-refractivity contribution in [3.05, 3.63) is 59.7 Å². The maximum absolute atomic E-state index is 12.4. The van der Waals surface area contributed by atoms with Crippen molar-refractivity contribution in [1.29, 1.82) is 0 Å². The monoisotopic (exact) mass is 427 g/mol. The molecule has 0 bridgehead atoms. The van der Waals surface area contributed by atoms with Crippen LogP contribution in [-0.2, 0) is 9.53 Å². The summed E-state index contributed by atoms with van der Waals surface area (Å²) in [6.45, 7) is 5.83. The second kappa shape index (κ2) is 12.2. The van der Waals surface area contributed by atoms with Crippen LogP contribution in [0.2, 0.25) is 0 Å². The SMILES string of the molecule is CCOC(=O)N[C@H](CC(=O)N/N=C\c1ccc(OC(C)C)c(OC)c1)c1ccccc1. The first-order valence-electron chi connectivity index (χ1n) is 10.1. The van der Waals surface area contributed by atoms with Crippen molar-refractivity contribution in [2.24, 2.45) is 5.10 Å². The number of nitrogens with one attached hydrogen (secondary N) is 2. The lowest BCUT2D eigenvalue weighted by molar-refractivity contribution is -0.121. The number of ether oxygens (including phenoxy) is 3. The number of amides is 2. The molecule has 8 nitrogen and oxygen atoms in total. The molecule has 0 radical (unpaired) electrons. The lowest BCUT2D eigenvalue weighted by Gasteiger charge is -2.18. The summed E-state index contributed by atoms with van der Waals surface area (Å²) in [4.78, 5) is 24.2. The van der Waals surface area contributed by atoms with Crippen molar-refractivity contribution < 1.29 is 23.8 Å². The van der Waals surface area contributed by atoms with Crippen molar-refractivity contribution in [3.63, 3.8) is 0 Å². The Kier molecular flexibility index (Phi) is 9.35. The van der Waals surface area contributed by atoms with Crippen molar-refractivity contribution >= 4 is 18.2 Å². The van der Waals surface area contributed by atoms with Gasteiger partial charge in [-0.3, -0.25) is 4.79 Å². The normalized spacial score (nSPS) is 11.8. The molecule has 0 unspecified atom stereocenters. The van der Waals surface area contributed by atoms with E-state index < -0.39 is 12.1 Å². The first kappa shape index (κ1) is 23.7. The highest BCUT2D eigenvalue weighted by Gasteiger charge is 2.18. The Hall–Kier alpha value is -3.55. The van der Waals surface area contributed by atoms with Crippen LogP contribution in [0.4, 0.5) is 4.79 Å². The van der Waals surface area contributed by atoms with E-state index in [0.717, 1.165) is 11.1 Å². The van der Waals surface area contributed by atoms with E-state index in [0.29, 0.717) is 11.5 Å². The number of nitrogens with zero attached hydrogens (tertiary/aromatic N) is 1. The molecule has 0 saturated carbocycles. The van der Waals surface area contributed by atoms with Gasteiger partial charge in [-0.15, -0.1) is 0 Å². The van der Waals surface area contributed by atoms with Gasteiger partial charge in [0.1, 0.15) is 0 Å². The molecular weight excluding hydrogens is 398 g/mol. The van der Waals surface area contributed by atoms with E-state index in [1.54, 1.807) is 26.2 Å². The van der Waals surface area contributed by atoms with Gasteiger partial charge in [0.2, 0.25) is 5.91 Å². The molecular formula is C23H29N3O5.